The van der Waals surface area contributed by atoms with Crippen LogP contribution in [0.1, 0.15) is 10.4 Å². The molecular formula is C14H14N2O5S. The van der Waals surface area contributed by atoms with E-state index >= 15 is 0 Å². The highest BCUT2D eigenvalue weighted by Gasteiger charge is 2.18. The molecule has 0 saturated heterocycles. The van der Waals surface area contributed by atoms with Crippen LogP contribution in [0, 0.1) is 0 Å². The molecule has 0 radical (unpaired) electrons. The van der Waals surface area contributed by atoms with E-state index in [1.807, 2.05) is 0 Å². The number of hydrogen-bond acceptors (Lipinski definition) is 5. The molecule has 4 N–H and O–H groups in total. The number of benzene rings is 2. The maximum Gasteiger partial charge on any atom is 0.261 e. The molecule has 7 nitrogen and oxygen atoms in total. The molecule has 0 aliphatic carbocycles. The first-order valence-electron chi connectivity index (χ1n) is 6.13. The second kappa shape index (κ2) is 5.94. The van der Waals surface area contributed by atoms with Gasteiger partial charge in [-0.3, -0.25) is 9.52 Å². The van der Waals surface area contributed by atoms with Crippen LogP contribution in [0.5, 0.6) is 11.5 Å². The highest BCUT2D eigenvalue weighted by molar-refractivity contribution is 7.92. The van der Waals surface area contributed by atoms with E-state index in [0.717, 1.165) is 12.1 Å². The lowest BCUT2D eigenvalue weighted by molar-refractivity contribution is 0.0997. The third kappa shape index (κ3) is 3.29. The molecule has 2 aromatic carbocycles. The van der Waals surface area contributed by atoms with Gasteiger partial charge in [-0.15, -0.1) is 0 Å². The van der Waals surface area contributed by atoms with E-state index in [4.69, 9.17) is 10.5 Å². The molecule has 0 unspecified atom stereocenters. The van der Waals surface area contributed by atoms with Crippen molar-refractivity contribution >= 4 is 21.6 Å². The molecule has 0 heterocycles. The Labute approximate surface area is 127 Å². The third-order valence-electron chi connectivity index (χ3n) is 2.87. The molecule has 1 amide bonds. The molecule has 0 bridgehead atoms. The van der Waals surface area contributed by atoms with Gasteiger partial charge in [0.2, 0.25) is 0 Å². The second-order valence-electron chi connectivity index (χ2n) is 4.38. The molecule has 2 aromatic rings. The van der Waals surface area contributed by atoms with E-state index in [0.29, 0.717) is 11.4 Å². The molecule has 116 valence electrons. The van der Waals surface area contributed by atoms with Crippen LogP contribution in [0.4, 0.5) is 5.69 Å². The summed E-state index contributed by atoms with van der Waals surface area (Å²) in [5.41, 5.74) is 5.12. The summed E-state index contributed by atoms with van der Waals surface area (Å²) in [5, 5.41) is 9.50. The van der Waals surface area contributed by atoms with Crippen molar-refractivity contribution in [2.45, 2.75) is 4.90 Å². The lowest BCUT2D eigenvalue weighted by Gasteiger charge is -2.10. The Balaban J connectivity index is 2.38. The van der Waals surface area contributed by atoms with Crippen LogP contribution in [0.2, 0.25) is 0 Å². The lowest BCUT2D eigenvalue weighted by Crippen LogP contribution is -2.16. The average molecular weight is 322 g/mol. The van der Waals surface area contributed by atoms with Crippen LogP contribution in [-0.2, 0) is 10.0 Å². The molecule has 0 atom stereocenters. The molecule has 2 rings (SSSR count). The quantitative estimate of drug-likeness (QED) is 0.766. The third-order valence-corrected chi connectivity index (χ3v) is 4.24. The molecule has 0 aliphatic heterocycles. The SMILES string of the molecule is COc1cccc(NS(=O)(=O)c2ccc(O)c(C(N)=O)c2)c1. The van der Waals surface area contributed by atoms with Gasteiger partial charge in [-0.1, -0.05) is 6.07 Å². The van der Waals surface area contributed by atoms with E-state index in [9.17, 15) is 18.3 Å². The maximum atomic E-state index is 12.3. The number of anilines is 1. The number of rotatable bonds is 5. The summed E-state index contributed by atoms with van der Waals surface area (Å²) in [5.74, 6) is -0.813. The van der Waals surface area contributed by atoms with Crippen LogP contribution in [0.25, 0.3) is 0 Å². The number of nitrogens with two attached hydrogens (primary N) is 1. The monoisotopic (exact) mass is 322 g/mol. The van der Waals surface area contributed by atoms with Crippen LogP contribution in [-0.4, -0.2) is 26.5 Å². The highest BCUT2D eigenvalue weighted by Crippen LogP contribution is 2.24. The van der Waals surface area contributed by atoms with Gasteiger partial charge in [0.15, 0.2) is 0 Å². The van der Waals surface area contributed by atoms with Gasteiger partial charge in [-0.25, -0.2) is 8.42 Å². The number of ether oxygens (including phenoxy) is 1. The number of hydrogen-bond donors (Lipinski definition) is 3. The minimum absolute atomic E-state index is 0.193. The Hall–Kier alpha value is -2.74. The number of phenols is 1. The number of amides is 1. The molecule has 0 fully saturated rings. The van der Waals surface area contributed by atoms with Gasteiger partial charge in [0, 0.05) is 6.07 Å². The predicted molar refractivity (Wildman–Crippen MR) is 80.4 cm³/mol. The molecule has 0 spiro atoms. The van der Waals surface area contributed by atoms with Gasteiger partial charge in [0.25, 0.3) is 15.9 Å². The predicted octanol–water partition coefficient (Wildman–Crippen LogP) is 1.30. The van der Waals surface area contributed by atoms with Crippen molar-refractivity contribution < 1.29 is 23.1 Å². The van der Waals surface area contributed by atoms with Crippen molar-refractivity contribution in [3.05, 3.63) is 48.0 Å². The Morgan fingerprint density at radius 1 is 1.23 bits per heavy atom. The standard InChI is InChI=1S/C14H14N2O5S/c1-21-10-4-2-3-9(7-10)16-22(19,20)11-5-6-13(17)12(8-11)14(15)18/h2-8,16-17H,1H3,(H2,15,18). The van der Waals surface area contributed by atoms with Crippen LogP contribution >= 0.6 is 0 Å². The molecule has 0 aliphatic rings. The number of aromatic hydroxyl groups is 1. The van der Waals surface area contributed by atoms with Gasteiger partial charge in [-0.05, 0) is 30.3 Å². The first-order chi connectivity index (χ1) is 10.3. The Morgan fingerprint density at radius 2 is 1.95 bits per heavy atom. The van der Waals surface area contributed by atoms with E-state index < -0.39 is 15.9 Å². The van der Waals surface area contributed by atoms with Gasteiger partial charge < -0.3 is 15.6 Å². The fourth-order valence-electron chi connectivity index (χ4n) is 1.78. The summed E-state index contributed by atoms with van der Waals surface area (Å²) in [6.45, 7) is 0. The maximum absolute atomic E-state index is 12.3. The fraction of sp³-hybridized carbons (Fsp3) is 0.0714. The van der Waals surface area contributed by atoms with Gasteiger partial charge >= 0.3 is 0 Å². The minimum atomic E-state index is -3.94. The Bertz CT molecular complexity index is 818. The van der Waals surface area contributed by atoms with Gasteiger partial charge in [0.1, 0.15) is 11.5 Å². The zero-order valence-electron chi connectivity index (χ0n) is 11.6. The zero-order chi connectivity index (χ0) is 16.3. The lowest BCUT2D eigenvalue weighted by atomic mass is 10.2. The number of sulfonamides is 1. The van der Waals surface area contributed by atoms with Crippen molar-refractivity contribution in [1.29, 1.82) is 0 Å². The average Bonchev–Trinajstić information content (AvgIpc) is 2.46. The van der Waals surface area contributed by atoms with Crippen molar-refractivity contribution in [1.82, 2.24) is 0 Å². The molecule has 0 aromatic heterocycles. The summed E-state index contributed by atoms with van der Waals surface area (Å²) in [6.07, 6.45) is 0. The highest BCUT2D eigenvalue weighted by atomic mass is 32.2. The molecule has 22 heavy (non-hydrogen) atoms. The topological polar surface area (TPSA) is 119 Å². The number of carbonyl (C=O) groups excluding carboxylic acids is 1. The normalized spacial score (nSPS) is 11.0. The summed E-state index contributed by atoms with van der Waals surface area (Å²) < 4.78 is 32.0. The van der Waals surface area contributed by atoms with Crippen LogP contribution in [0.15, 0.2) is 47.4 Å². The number of nitrogens with one attached hydrogen (secondary N) is 1. The van der Waals surface area contributed by atoms with Crippen LogP contribution in [0.3, 0.4) is 0 Å². The summed E-state index contributed by atoms with van der Waals surface area (Å²) in [7, 11) is -2.47. The summed E-state index contributed by atoms with van der Waals surface area (Å²) >= 11 is 0. The Kier molecular flexibility index (Phi) is 4.22. The molecule has 8 heteroatoms. The van der Waals surface area contributed by atoms with E-state index in [1.54, 1.807) is 18.2 Å². The fourth-order valence-corrected chi connectivity index (χ4v) is 2.86. The molecular weight excluding hydrogens is 308 g/mol. The largest absolute Gasteiger partial charge is 0.507 e. The number of carbonyl (C=O) groups is 1. The first-order valence-corrected chi connectivity index (χ1v) is 7.61. The number of methoxy groups -OCH3 is 1. The summed E-state index contributed by atoms with van der Waals surface area (Å²) in [4.78, 5) is 11.0. The van der Waals surface area contributed by atoms with Crippen molar-refractivity contribution in [2.24, 2.45) is 5.73 Å². The first kappa shape index (κ1) is 15.6. The molecule has 0 saturated carbocycles. The second-order valence-corrected chi connectivity index (χ2v) is 6.06. The summed E-state index contributed by atoms with van der Waals surface area (Å²) in [6, 6.07) is 9.64. The van der Waals surface area contributed by atoms with Crippen molar-refractivity contribution in [3.63, 3.8) is 0 Å². The van der Waals surface area contributed by atoms with Gasteiger partial charge in [-0.2, -0.15) is 0 Å². The van der Waals surface area contributed by atoms with E-state index in [1.165, 1.54) is 19.2 Å². The Morgan fingerprint density at radius 3 is 2.59 bits per heavy atom. The van der Waals surface area contributed by atoms with E-state index in [-0.39, 0.29) is 16.2 Å². The smallest absolute Gasteiger partial charge is 0.261 e. The van der Waals surface area contributed by atoms with Crippen molar-refractivity contribution in [2.75, 3.05) is 11.8 Å². The van der Waals surface area contributed by atoms with Crippen molar-refractivity contribution in [3.8, 4) is 11.5 Å². The minimum Gasteiger partial charge on any atom is -0.507 e. The zero-order valence-corrected chi connectivity index (χ0v) is 12.4. The van der Waals surface area contributed by atoms with Crippen LogP contribution < -0.4 is 15.2 Å². The van der Waals surface area contributed by atoms with Gasteiger partial charge in [0.05, 0.1) is 23.3 Å². The van der Waals surface area contributed by atoms with E-state index in [2.05, 4.69) is 4.72 Å². The number of primary amides is 1.